The van der Waals surface area contributed by atoms with Crippen molar-refractivity contribution in [1.29, 1.82) is 0 Å². The van der Waals surface area contributed by atoms with Crippen molar-refractivity contribution in [1.82, 2.24) is 0 Å². The largest absolute Gasteiger partial charge is 0.472 e. The van der Waals surface area contributed by atoms with Crippen LogP contribution in [0.1, 0.15) is 316 Å². The number of esters is 3. The first kappa shape index (κ1) is 96.7. The van der Waals surface area contributed by atoms with Gasteiger partial charge in [-0.25, -0.2) is 9.13 Å². The summed E-state index contributed by atoms with van der Waals surface area (Å²) in [6.45, 7) is 2.39. The van der Waals surface area contributed by atoms with Crippen LogP contribution in [0, 0.1) is 0 Å². The normalized spacial score (nSPS) is 14.7. The Bertz CT molecular complexity index is 2370. The highest BCUT2D eigenvalue weighted by molar-refractivity contribution is 7.47. The van der Waals surface area contributed by atoms with Crippen molar-refractivity contribution in [2.45, 2.75) is 334 Å². The maximum Gasteiger partial charge on any atom is 0.472 e. The number of hydrogen-bond acceptors (Lipinski definition) is 14. The average Bonchev–Trinajstić information content (AvgIpc) is 0.934. The van der Waals surface area contributed by atoms with Crippen LogP contribution >= 0.6 is 15.6 Å². The van der Waals surface area contributed by atoms with E-state index in [2.05, 4.69) is 142 Å². The van der Waals surface area contributed by atoms with Gasteiger partial charge in [0.25, 0.3) is 0 Å². The third-order valence-electron chi connectivity index (χ3n) is 16.3. The molecule has 0 aromatic rings. The first-order valence-corrected chi connectivity index (χ1v) is 42.5. The first-order chi connectivity index (χ1) is 49.2. The van der Waals surface area contributed by atoms with Gasteiger partial charge in [-0.1, -0.05) is 302 Å². The molecular formula is C83H142O16P2. The lowest BCUT2D eigenvalue weighted by Crippen LogP contribution is -2.30. The molecule has 101 heavy (non-hydrogen) atoms. The highest BCUT2D eigenvalue weighted by Crippen LogP contribution is 2.45. The number of ether oxygens (including phenoxy) is 3. The molecular weight excluding hydrogens is 1310 g/mol. The molecule has 5 atom stereocenters. The standard InChI is InChI=1S/C83H142O16P2/c1-4-7-10-13-16-19-22-25-27-29-30-31-32-33-34-35-36-37-38-39-40-41-42-43-44-45-46-48-50-52-54-57-60-63-66-69-81(86)93-72-78(84)73-95-100(89,90)96-74-79(85)75-97-101(91,92)98-77-80(99-83(88)71-68-65-62-59-56-51-24-21-18-15-12-9-6-3)76-94-82(87)70-67-64-61-58-55-53-49-47-28-26-23-20-17-14-11-8-5-2/h8,11-12,15-17,19-21,24-28,30-31,33-34,49,53,58,61,78-80,84-85H,4-7,9-10,13-14,18,22-23,29,32,35-48,50-52,54-57,59-60,62-77H2,1-3H3,(H,89,90)(H,91,92)/b11-8-,15-12-,19-16-,20-17-,24-21-,27-25-,28-26-,31-30-,34-33-,53-49-,61-58-. The van der Waals surface area contributed by atoms with E-state index in [-0.39, 0.29) is 19.3 Å². The Morgan fingerprint density at radius 2 is 0.554 bits per heavy atom. The quantitative estimate of drug-likeness (QED) is 0.0146. The fourth-order valence-corrected chi connectivity index (χ4v) is 11.9. The number of phosphoric ester groups is 2. The lowest BCUT2D eigenvalue weighted by molar-refractivity contribution is -0.161. The molecule has 0 aliphatic carbocycles. The number of aliphatic hydroxyl groups is 2. The smallest absolute Gasteiger partial charge is 0.463 e. The monoisotopic (exact) mass is 1460 g/mol. The van der Waals surface area contributed by atoms with Crippen LogP contribution in [0.2, 0.25) is 0 Å². The lowest BCUT2D eigenvalue weighted by atomic mass is 10.0. The van der Waals surface area contributed by atoms with Gasteiger partial charge in [0, 0.05) is 19.3 Å². The maximum atomic E-state index is 12.9. The van der Waals surface area contributed by atoms with E-state index in [4.69, 9.17) is 32.3 Å². The van der Waals surface area contributed by atoms with Gasteiger partial charge < -0.3 is 34.2 Å². The molecule has 0 aliphatic rings. The molecule has 0 saturated heterocycles. The lowest BCUT2D eigenvalue weighted by Gasteiger charge is -2.21. The number of carbonyl (C=O) groups excluding carboxylic acids is 3. The third kappa shape index (κ3) is 76.6. The van der Waals surface area contributed by atoms with Crippen LogP contribution in [0.25, 0.3) is 0 Å². The van der Waals surface area contributed by atoms with Crippen LogP contribution in [0.4, 0.5) is 0 Å². The summed E-state index contributed by atoms with van der Waals surface area (Å²) in [7, 11) is -9.80. The summed E-state index contributed by atoms with van der Waals surface area (Å²) in [6.07, 6.45) is 91.2. The molecule has 0 rings (SSSR count). The summed E-state index contributed by atoms with van der Waals surface area (Å²) >= 11 is 0. The summed E-state index contributed by atoms with van der Waals surface area (Å²) in [6, 6.07) is 0. The zero-order valence-electron chi connectivity index (χ0n) is 63.3. The van der Waals surface area contributed by atoms with Crippen molar-refractivity contribution in [2.24, 2.45) is 0 Å². The van der Waals surface area contributed by atoms with Crippen LogP contribution in [-0.4, -0.2) is 95.9 Å². The van der Waals surface area contributed by atoms with Crippen LogP contribution in [0.15, 0.2) is 134 Å². The molecule has 16 nitrogen and oxygen atoms in total. The van der Waals surface area contributed by atoms with E-state index >= 15 is 0 Å². The second kappa shape index (κ2) is 75.4. The minimum Gasteiger partial charge on any atom is -0.463 e. The number of allylic oxidation sites excluding steroid dienone is 22. The fraction of sp³-hybridized carbons (Fsp3) is 0.699. The molecule has 0 heterocycles. The molecule has 580 valence electrons. The minimum atomic E-state index is -4.94. The van der Waals surface area contributed by atoms with Crippen LogP contribution in [0.5, 0.6) is 0 Å². The molecule has 0 aromatic heterocycles. The van der Waals surface area contributed by atoms with Gasteiger partial charge in [-0.05, 0) is 128 Å². The molecule has 0 radical (unpaired) electrons. The van der Waals surface area contributed by atoms with E-state index in [1.54, 1.807) is 0 Å². The van der Waals surface area contributed by atoms with Crippen molar-refractivity contribution in [3.05, 3.63) is 134 Å². The molecule has 0 spiro atoms. The van der Waals surface area contributed by atoms with Crippen LogP contribution in [0.3, 0.4) is 0 Å². The zero-order chi connectivity index (χ0) is 73.7. The molecule has 0 saturated carbocycles. The van der Waals surface area contributed by atoms with E-state index < -0.39 is 91.5 Å². The van der Waals surface area contributed by atoms with E-state index in [9.17, 15) is 43.5 Å². The highest BCUT2D eigenvalue weighted by Gasteiger charge is 2.29. The summed E-state index contributed by atoms with van der Waals surface area (Å²) in [5.41, 5.74) is 0. The molecule has 0 aliphatic heterocycles. The number of phosphoric acid groups is 2. The summed E-state index contributed by atoms with van der Waals surface area (Å²) in [5, 5.41) is 20.6. The Hall–Kier alpha value is -4.31. The Balaban J connectivity index is 4.37. The van der Waals surface area contributed by atoms with Gasteiger partial charge >= 0.3 is 33.6 Å². The number of aliphatic hydroxyl groups excluding tert-OH is 2. The SMILES string of the molecule is CC/C=C\C/C=C\C/C=C\C/C=C\C/C=C\CCCC(=O)OCC(COP(=O)(O)OCC(O)COP(=O)(O)OCC(O)COC(=O)CCCCCCCCCCCCCCCCCCCCC/C=C\C/C=C\C/C=C\C/C=C\CCCCC)OC(=O)CCCCCCC/C=C\C/C=C\CCC. The molecule has 5 unspecified atom stereocenters. The van der Waals surface area contributed by atoms with Gasteiger partial charge in [-0.3, -0.25) is 32.5 Å². The number of unbranched alkanes of at least 4 members (excludes halogenated alkanes) is 29. The summed E-state index contributed by atoms with van der Waals surface area (Å²) < 4.78 is 60.9. The summed E-state index contributed by atoms with van der Waals surface area (Å²) in [4.78, 5) is 58.5. The Morgan fingerprint density at radius 3 is 0.911 bits per heavy atom. The molecule has 18 heteroatoms. The van der Waals surface area contributed by atoms with E-state index in [0.29, 0.717) is 25.7 Å². The van der Waals surface area contributed by atoms with Crippen molar-refractivity contribution in [3.8, 4) is 0 Å². The molecule has 0 aromatic carbocycles. The third-order valence-corrected chi connectivity index (χ3v) is 18.2. The predicted molar refractivity (Wildman–Crippen MR) is 417 cm³/mol. The van der Waals surface area contributed by atoms with E-state index in [0.717, 1.165) is 122 Å². The molecule has 0 amide bonds. The van der Waals surface area contributed by atoms with E-state index in [1.807, 2.05) is 12.2 Å². The van der Waals surface area contributed by atoms with Crippen molar-refractivity contribution in [3.63, 3.8) is 0 Å². The van der Waals surface area contributed by atoms with Gasteiger partial charge in [0.1, 0.15) is 25.4 Å². The maximum absolute atomic E-state index is 12.9. The van der Waals surface area contributed by atoms with Gasteiger partial charge in [-0.15, -0.1) is 0 Å². The Kier molecular flexibility index (Phi) is 72.2. The van der Waals surface area contributed by atoms with Crippen LogP contribution < -0.4 is 0 Å². The Labute approximate surface area is 614 Å². The molecule has 0 bridgehead atoms. The van der Waals surface area contributed by atoms with Crippen molar-refractivity contribution < 1.29 is 75.8 Å². The highest BCUT2D eigenvalue weighted by atomic mass is 31.2. The number of hydrogen-bond donors (Lipinski definition) is 4. The Morgan fingerprint density at radius 1 is 0.287 bits per heavy atom. The van der Waals surface area contributed by atoms with Gasteiger partial charge in [0.15, 0.2) is 6.10 Å². The number of rotatable bonds is 74. The number of carbonyl (C=O) groups is 3. The molecule has 0 fully saturated rings. The zero-order valence-corrected chi connectivity index (χ0v) is 65.1. The van der Waals surface area contributed by atoms with Gasteiger partial charge in [0.2, 0.25) is 0 Å². The average molecular weight is 1460 g/mol. The van der Waals surface area contributed by atoms with Crippen molar-refractivity contribution in [2.75, 3.05) is 39.6 Å². The van der Waals surface area contributed by atoms with Gasteiger partial charge in [0.05, 0.1) is 26.4 Å². The second-order valence-corrected chi connectivity index (χ2v) is 29.0. The molecule has 4 N–H and O–H groups in total. The first-order valence-electron chi connectivity index (χ1n) is 39.5. The minimum absolute atomic E-state index is 0.0733. The summed E-state index contributed by atoms with van der Waals surface area (Å²) in [5.74, 6) is -1.66. The topological polar surface area (TPSA) is 231 Å². The van der Waals surface area contributed by atoms with Crippen molar-refractivity contribution >= 4 is 33.6 Å². The van der Waals surface area contributed by atoms with Gasteiger partial charge in [-0.2, -0.15) is 0 Å². The second-order valence-electron chi connectivity index (χ2n) is 26.1. The fourth-order valence-electron chi connectivity index (χ4n) is 10.3. The van der Waals surface area contributed by atoms with E-state index in [1.165, 1.54) is 128 Å². The predicted octanol–water partition coefficient (Wildman–Crippen LogP) is 23.1. The van der Waals surface area contributed by atoms with Crippen LogP contribution in [-0.2, 0) is 55.8 Å².